The summed E-state index contributed by atoms with van der Waals surface area (Å²) in [5.74, 6) is 1.29. The monoisotopic (exact) mass is 576 g/mol. The molecule has 0 amide bonds. The Morgan fingerprint density at radius 3 is 1.23 bits per heavy atom. The quantitative estimate of drug-likeness (QED) is 0.165. The predicted molar refractivity (Wildman–Crippen MR) is 166 cm³/mol. The summed E-state index contributed by atoms with van der Waals surface area (Å²) in [5, 5.41) is 3.32. The van der Waals surface area contributed by atoms with Crippen LogP contribution in [-0.2, 0) is 22.7 Å². The first-order chi connectivity index (χ1) is 19.1. The zero-order valence-corrected chi connectivity index (χ0v) is 25.9. The molecule has 212 valence electrons. The Morgan fingerprint density at radius 2 is 0.875 bits per heavy atom. The van der Waals surface area contributed by atoms with Crippen LogP contribution in [0.3, 0.4) is 0 Å². The Balaban J connectivity index is 1.54. The standard InChI is InChI=1S/C32H40O6Si2/c1-39(2,33)29-17-15-28-27(31(29)37-21-19-35-23-25-11-7-5-8-12-25)16-18-30(40(3,4)34)32(28)38-22-20-36-24-26-13-9-6-10-14-26/h5-18,33-34H,19-24H2,1-4H3. The van der Waals surface area contributed by atoms with Gasteiger partial charge in [-0.05, 0) is 37.3 Å². The average molecular weight is 577 g/mol. The first kappa shape index (κ1) is 30.0. The van der Waals surface area contributed by atoms with Crippen LogP contribution >= 0.6 is 0 Å². The second-order valence-corrected chi connectivity index (χ2v) is 18.2. The molecule has 0 aromatic heterocycles. The normalized spacial score (nSPS) is 12.1. The maximum Gasteiger partial charge on any atom is 0.217 e. The molecule has 8 heteroatoms. The van der Waals surface area contributed by atoms with Crippen LogP contribution in [0.1, 0.15) is 11.1 Å². The van der Waals surface area contributed by atoms with Gasteiger partial charge in [0.05, 0.1) is 26.4 Å². The summed E-state index contributed by atoms with van der Waals surface area (Å²) in [4.78, 5) is 22.1. The van der Waals surface area contributed by atoms with Gasteiger partial charge in [0.25, 0.3) is 0 Å². The Labute approximate surface area is 239 Å². The third-order valence-electron chi connectivity index (χ3n) is 6.59. The fourth-order valence-corrected chi connectivity index (χ4v) is 7.07. The first-order valence-corrected chi connectivity index (χ1v) is 19.6. The van der Waals surface area contributed by atoms with Crippen LogP contribution in [0.4, 0.5) is 0 Å². The van der Waals surface area contributed by atoms with Crippen LogP contribution < -0.4 is 19.8 Å². The Hall–Kier alpha value is -2.99. The molecule has 0 saturated carbocycles. The van der Waals surface area contributed by atoms with E-state index in [-0.39, 0.29) is 0 Å². The van der Waals surface area contributed by atoms with E-state index in [1.807, 2.05) is 111 Å². The van der Waals surface area contributed by atoms with Crippen LogP contribution in [0.15, 0.2) is 84.9 Å². The molecule has 0 fully saturated rings. The molecule has 0 spiro atoms. The topological polar surface area (TPSA) is 77.4 Å². The van der Waals surface area contributed by atoms with E-state index in [9.17, 15) is 9.59 Å². The molecule has 4 aromatic carbocycles. The summed E-state index contributed by atoms with van der Waals surface area (Å²) in [5.41, 5.74) is 2.21. The molecular weight excluding hydrogens is 537 g/mol. The van der Waals surface area contributed by atoms with Gasteiger partial charge in [-0.2, -0.15) is 0 Å². The van der Waals surface area contributed by atoms with Gasteiger partial charge in [-0.3, -0.25) is 0 Å². The number of hydrogen-bond acceptors (Lipinski definition) is 6. The van der Waals surface area contributed by atoms with Crippen molar-refractivity contribution >= 4 is 37.8 Å². The van der Waals surface area contributed by atoms with E-state index < -0.39 is 16.6 Å². The van der Waals surface area contributed by atoms with Crippen molar-refractivity contribution in [2.75, 3.05) is 26.4 Å². The van der Waals surface area contributed by atoms with Crippen molar-refractivity contribution in [3.8, 4) is 11.5 Å². The number of rotatable bonds is 14. The van der Waals surface area contributed by atoms with Crippen molar-refractivity contribution in [2.24, 2.45) is 0 Å². The van der Waals surface area contributed by atoms with Crippen LogP contribution in [0.25, 0.3) is 10.8 Å². The molecule has 2 N–H and O–H groups in total. The van der Waals surface area contributed by atoms with Crippen molar-refractivity contribution in [3.05, 3.63) is 96.1 Å². The fraction of sp³-hybridized carbons (Fsp3) is 0.312. The second-order valence-electron chi connectivity index (χ2n) is 10.9. The lowest BCUT2D eigenvalue weighted by Crippen LogP contribution is -2.43. The molecule has 0 unspecified atom stereocenters. The van der Waals surface area contributed by atoms with Crippen molar-refractivity contribution in [1.82, 2.24) is 0 Å². The Morgan fingerprint density at radius 1 is 0.500 bits per heavy atom. The maximum atomic E-state index is 11.1. The molecule has 0 saturated heterocycles. The van der Waals surface area contributed by atoms with E-state index in [0.717, 1.165) is 32.3 Å². The molecule has 0 aliphatic carbocycles. The number of hydrogen-bond donors (Lipinski definition) is 2. The highest BCUT2D eigenvalue weighted by Gasteiger charge is 2.30. The van der Waals surface area contributed by atoms with Crippen LogP contribution in [0, 0.1) is 0 Å². The molecule has 40 heavy (non-hydrogen) atoms. The van der Waals surface area contributed by atoms with Gasteiger partial charge in [-0.15, -0.1) is 0 Å². The van der Waals surface area contributed by atoms with E-state index in [2.05, 4.69) is 0 Å². The van der Waals surface area contributed by atoms with Gasteiger partial charge in [0, 0.05) is 21.1 Å². The highest BCUT2D eigenvalue weighted by Crippen LogP contribution is 2.33. The summed E-state index contributed by atoms with van der Waals surface area (Å²) < 4.78 is 24.3. The largest absolute Gasteiger partial charge is 0.491 e. The van der Waals surface area contributed by atoms with Gasteiger partial charge in [0.15, 0.2) is 0 Å². The molecule has 6 nitrogen and oxygen atoms in total. The van der Waals surface area contributed by atoms with E-state index in [0.29, 0.717) is 51.1 Å². The minimum atomic E-state index is -2.72. The van der Waals surface area contributed by atoms with Gasteiger partial charge in [-0.25, -0.2) is 0 Å². The van der Waals surface area contributed by atoms with Crippen molar-refractivity contribution in [1.29, 1.82) is 0 Å². The molecule has 0 aliphatic heterocycles. The van der Waals surface area contributed by atoms with E-state index in [1.165, 1.54) is 0 Å². The van der Waals surface area contributed by atoms with E-state index in [4.69, 9.17) is 18.9 Å². The van der Waals surface area contributed by atoms with Gasteiger partial charge in [-0.1, -0.05) is 84.9 Å². The lowest BCUT2D eigenvalue weighted by atomic mass is 10.1. The molecule has 0 aliphatic rings. The zero-order chi connectivity index (χ0) is 28.6. The molecule has 0 atom stereocenters. The van der Waals surface area contributed by atoms with Crippen LogP contribution in [0.5, 0.6) is 11.5 Å². The van der Waals surface area contributed by atoms with Crippen molar-refractivity contribution in [2.45, 2.75) is 39.4 Å². The summed E-state index contributed by atoms with van der Waals surface area (Å²) >= 11 is 0. The maximum absolute atomic E-state index is 11.1. The van der Waals surface area contributed by atoms with E-state index in [1.54, 1.807) is 0 Å². The number of ether oxygens (including phenoxy) is 4. The molecule has 0 radical (unpaired) electrons. The van der Waals surface area contributed by atoms with Gasteiger partial charge < -0.3 is 28.5 Å². The predicted octanol–water partition coefficient (Wildman–Crippen LogP) is 4.84. The minimum Gasteiger partial charge on any atom is -0.491 e. The number of benzene rings is 4. The molecule has 0 heterocycles. The zero-order valence-electron chi connectivity index (χ0n) is 23.9. The fourth-order valence-electron chi connectivity index (χ4n) is 4.56. The van der Waals surface area contributed by atoms with Gasteiger partial charge >= 0.3 is 0 Å². The van der Waals surface area contributed by atoms with E-state index >= 15 is 0 Å². The van der Waals surface area contributed by atoms with Crippen molar-refractivity contribution < 1.29 is 28.5 Å². The molecule has 4 aromatic rings. The Bertz CT molecular complexity index is 1260. The third-order valence-corrected chi connectivity index (χ3v) is 10.0. The summed E-state index contributed by atoms with van der Waals surface area (Å²) in [6, 6.07) is 27.9. The first-order valence-electron chi connectivity index (χ1n) is 13.7. The van der Waals surface area contributed by atoms with Crippen LogP contribution in [-0.4, -0.2) is 52.7 Å². The highest BCUT2D eigenvalue weighted by atomic mass is 28.4. The van der Waals surface area contributed by atoms with Gasteiger partial charge in [0.1, 0.15) is 24.7 Å². The average Bonchev–Trinajstić information content (AvgIpc) is 2.92. The summed E-state index contributed by atoms with van der Waals surface area (Å²) in [6.07, 6.45) is 0. The van der Waals surface area contributed by atoms with Gasteiger partial charge in [0.2, 0.25) is 16.6 Å². The Kier molecular flexibility index (Phi) is 10.2. The SMILES string of the molecule is C[Si](C)(O)c1ccc2c(OCCOCc3ccccc3)c([Si](C)(C)O)ccc2c1OCCOCc1ccccc1. The number of fused-ring (bicyclic) bond motifs is 1. The highest BCUT2D eigenvalue weighted by molar-refractivity contribution is 6.85. The lowest BCUT2D eigenvalue weighted by molar-refractivity contribution is 0.0892. The molecule has 4 rings (SSSR count). The van der Waals surface area contributed by atoms with Crippen LogP contribution in [0.2, 0.25) is 26.2 Å². The summed E-state index contributed by atoms with van der Waals surface area (Å²) in [7, 11) is -5.44. The third kappa shape index (κ3) is 8.03. The van der Waals surface area contributed by atoms with Crippen molar-refractivity contribution in [3.63, 3.8) is 0 Å². The smallest absolute Gasteiger partial charge is 0.217 e. The molecule has 0 bridgehead atoms. The second kappa shape index (κ2) is 13.6. The molecular formula is C32H40O6Si2. The minimum absolute atomic E-state index is 0.342. The lowest BCUT2D eigenvalue weighted by Gasteiger charge is -2.25. The summed E-state index contributed by atoms with van der Waals surface area (Å²) in [6.45, 7) is 10.1.